The maximum Gasteiger partial charge on any atom is 0.230 e. The van der Waals surface area contributed by atoms with Crippen molar-refractivity contribution in [3.8, 4) is 5.75 Å². The molecule has 1 amide bonds. The van der Waals surface area contributed by atoms with Gasteiger partial charge in [-0.1, -0.05) is 17.3 Å². The van der Waals surface area contributed by atoms with Gasteiger partial charge in [0.1, 0.15) is 11.5 Å². The summed E-state index contributed by atoms with van der Waals surface area (Å²) in [6, 6.07) is 7.41. The smallest absolute Gasteiger partial charge is 0.230 e. The number of nitrogens with zero attached hydrogens (tertiary/aromatic N) is 1. The predicted octanol–water partition coefficient (Wildman–Crippen LogP) is 2.65. The van der Waals surface area contributed by atoms with E-state index in [4.69, 9.17) is 9.26 Å². The molecule has 0 saturated carbocycles. The second kappa shape index (κ2) is 5.32. The number of H-pyrrole nitrogens is 1. The lowest BCUT2D eigenvalue weighted by atomic mass is 10.1. The van der Waals surface area contributed by atoms with Crippen LogP contribution in [-0.4, -0.2) is 23.2 Å². The van der Waals surface area contributed by atoms with Crippen LogP contribution in [0.5, 0.6) is 5.75 Å². The van der Waals surface area contributed by atoms with E-state index in [-0.39, 0.29) is 12.3 Å². The Hall–Kier alpha value is -2.76. The van der Waals surface area contributed by atoms with E-state index in [1.807, 2.05) is 24.4 Å². The van der Waals surface area contributed by atoms with Crippen LogP contribution < -0.4 is 10.1 Å². The van der Waals surface area contributed by atoms with E-state index < -0.39 is 0 Å². The number of benzene rings is 1. The molecule has 108 valence electrons. The van der Waals surface area contributed by atoms with Gasteiger partial charge in [0.05, 0.1) is 19.0 Å². The molecule has 0 aliphatic rings. The minimum atomic E-state index is -0.146. The van der Waals surface area contributed by atoms with Crippen LogP contribution in [0.25, 0.3) is 10.9 Å². The first kappa shape index (κ1) is 13.2. The molecule has 0 bridgehead atoms. The highest BCUT2D eigenvalue weighted by Gasteiger charge is 2.12. The molecule has 0 fully saturated rings. The fourth-order valence-electron chi connectivity index (χ4n) is 2.29. The Labute approximate surface area is 121 Å². The molecule has 0 saturated heterocycles. The lowest BCUT2D eigenvalue weighted by molar-refractivity contribution is -0.115. The molecule has 0 atom stereocenters. The van der Waals surface area contributed by atoms with Crippen molar-refractivity contribution in [2.45, 2.75) is 13.3 Å². The first-order valence-electron chi connectivity index (χ1n) is 6.53. The van der Waals surface area contributed by atoms with Crippen molar-refractivity contribution < 1.29 is 14.1 Å². The molecule has 0 unspecified atom stereocenters. The number of carbonyl (C=O) groups excluding carboxylic acids is 1. The molecule has 0 radical (unpaired) electrons. The van der Waals surface area contributed by atoms with Crippen molar-refractivity contribution in [2.75, 3.05) is 12.4 Å². The number of aromatic nitrogens is 2. The summed E-state index contributed by atoms with van der Waals surface area (Å²) in [7, 11) is 1.62. The number of hydrogen-bond acceptors (Lipinski definition) is 4. The van der Waals surface area contributed by atoms with Crippen LogP contribution in [0.2, 0.25) is 0 Å². The lowest BCUT2D eigenvalue weighted by Crippen LogP contribution is -2.14. The summed E-state index contributed by atoms with van der Waals surface area (Å²) in [4.78, 5) is 15.2. The van der Waals surface area contributed by atoms with Crippen LogP contribution in [0.3, 0.4) is 0 Å². The number of amides is 1. The van der Waals surface area contributed by atoms with E-state index in [0.29, 0.717) is 11.6 Å². The molecule has 3 rings (SSSR count). The van der Waals surface area contributed by atoms with Crippen molar-refractivity contribution in [2.24, 2.45) is 0 Å². The minimum absolute atomic E-state index is 0.146. The van der Waals surface area contributed by atoms with Crippen molar-refractivity contribution in [3.63, 3.8) is 0 Å². The molecular weight excluding hydrogens is 270 g/mol. The molecule has 2 aromatic heterocycles. The van der Waals surface area contributed by atoms with Crippen LogP contribution in [-0.2, 0) is 11.2 Å². The van der Waals surface area contributed by atoms with Gasteiger partial charge in [0, 0.05) is 17.6 Å². The van der Waals surface area contributed by atoms with Crippen molar-refractivity contribution in [1.82, 2.24) is 10.1 Å². The van der Waals surface area contributed by atoms with E-state index >= 15 is 0 Å². The summed E-state index contributed by atoms with van der Waals surface area (Å²) in [6.45, 7) is 1.77. The van der Waals surface area contributed by atoms with Crippen LogP contribution >= 0.6 is 0 Å². The van der Waals surface area contributed by atoms with Gasteiger partial charge in [0.25, 0.3) is 0 Å². The number of aromatic amines is 1. The number of hydrogen-bond donors (Lipinski definition) is 2. The van der Waals surface area contributed by atoms with Crippen molar-refractivity contribution in [1.29, 1.82) is 0 Å². The average molecular weight is 285 g/mol. The van der Waals surface area contributed by atoms with Gasteiger partial charge >= 0.3 is 0 Å². The fraction of sp³-hybridized carbons (Fsp3) is 0.200. The van der Waals surface area contributed by atoms with Crippen LogP contribution in [0.15, 0.2) is 35.0 Å². The highest BCUT2D eigenvalue weighted by atomic mass is 16.5. The number of anilines is 1. The number of nitrogens with one attached hydrogen (secondary N) is 2. The molecule has 2 N–H and O–H groups in total. The summed E-state index contributed by atoms with van der Waals surface area (Å²) in [5.74, 6) is 1.69. The molecule has 6 nitrogen and oxygen atoms in total. The standard InChI is InChI=1S/C15H15N3O3/c1-9-6-13(18-21-9)17-14(19)7-10-8-16-15-11(10)4-3-5-12(15)20-2/h3-6,8,16H,7H2,1-2H3,(H,17,18,19). The molecule has 0 spiro atoms. The molecule has 2 heterocycles. The van der Waals surface area contributed by atoms with E-state index in [0.717, 1.165) is 22.2 Å². The highest BCUT2D eigenvalue weighted by Crippen LogP contribution is 2.27. The van der Waals surface area contributed by atoms with Crippen molar-refractivity contribution in [3.05, 3.63) is 41.8 Å². The molecule has 3 aromatic rings. The zero-order valence-electron chi connectivity index (χ0n) is 11.8. The number of ether oxygens (including phenoxy) is 1. The van der Waals surface area contributed by atoms with Crippen LogP contribution in [0.1, 0.15) is 11.3 Å². The third kappa shape index (κ3) is 2.60. The predicted molar refractivity (Wildman–Crippen MR) is 78.4 cm³/mol. The normalized spacial score (nSPS) is 10.8. The van der Waals surface area contributed by atoms with Gasteiger partial charge in [-0.05, 0) is 18.6 Å². The summed E-state index contributed by atoms with van der Waals surface area (Å²) in [5.41, 5.74) is 1.79. The second-order valence-corrected chi connectivity index (χ2v) is 4.74. The van der Waals surface area contributed by atoms with Crippen LogP contribution in [0.4, 0.5) is 5.82 Å². The number of aryl methyl sites for hydroxylation is 1. The first-order chi connectivity index (χ1) is 10.2. The first-order valence-corrected chi connectivity index (χ1v) is 6.53. The Morgan fingerprint density at radius 2 is 2.33 bits per heavy atom. The maximum absolute atomic E-state index is 12.0. The van der Waals surface area contributed by atoms with E-state index in [9.17, 15) is 4.79 Å². The summed E-state index contributed by atoms with van der Waals surface area (Å²) >= 11 is 0. The minimum Gasteiger partial charge on any atom is -0.495 e. The monoisotopic (exact) mass is 285 g/mol. The zero-order valence-corrected chi connectivity index (χ0v) is 11.8. The van der Waals surface area contributed by atoms with Crippen molar-refractivity contribution >= 4 is 22.6 Å². The Kier molecular flexibility index (Phi) is 3.35. The van der Waals surface area contributed by atoms with Crippen LogP contribution in [0, 0.1) is 6.92 Å². The summed E-state index contributed by atoms with van der Waals surface area (Å²) in [6.07, 6.45) is 2.07. The number of methoxy groups -OCH3 is 1. The fourth-order valence-corrected chi connectivity index (χ4v) is 2.29. The number of rotatable bonds is 4. The number of carbonyl (C=O) groups is 1. The summed E-state index contributed by atoms with van der Waals surface area (Å²) < 4.78 is 10.2. The van der Waals surface area contributed by atoms with Gasteiger partial charge in [-0.3, -0.25) is 4.79 Å². The van der Waals surface area contributed by atoms with Gasteiger partial charge in [0.2, 0.25) is 5.91 Å². The summed E-state index contributed by atoms with van der Waals surface area (Å²) in [5, 5.41) is 7.42. The second-order valence-electron chi connectivity index (χ2n) is 4.74. The van der Waals surface area contributed by atoms with E-state index in [1.54, 1.807) is 20.1 Å². The molecule has 6 heteroatoms. The molecule has 0 aliphatic heterocycles. The van der Waals surface area contributed by atoms with Gasteiger partial charge in [-0.15, -0.1) is 0 Å². The van der Waals surface area contributed by atoms with Gasteiger partial charge in [-0.25, -0.2) is 0 Å². The van der Waals surface area contributed by atoms with Gasteiger partial charge < -0.3 is 19.6 Å². The maximum atomic E-state index is 12.0. The largest absolute Gasteiger partial charge is 0.495 e. The Balaban J connectivity index is 1.80. The van der Waals surface area contributed by atoms with Gasteiger partial charge in [0.15, 0.2) is 5.82 Å². The molecule has 21 heavy (non-hydrogen) atoms. The molecule has 1 aromatic carbocycles. The third-order valence-corrected chi connectivity index (χ3v) is 3.23. The molecule has 0 aliphatic carbocycles. The lowest BCUT2D eigenvalue weighted by Gasteiger charge is -2.02. The Morgan fingerprint density at radius 1 is 1.48 bits per heavy atom. The number of fused-ring (bicyclic) bond motifs is 1. The third-order valence-electron chi connectivity index (χ3n) is 3.23. The SMILES string of the molecule is COc1cccc2c(CC(=O)Nc3cc(C)on3)c[nH]c12. The average Bonchev–Trinajstić information content (AvgIpc) is 3.05. The topological polar surface area (TPSA) is 80.2 Å². The van der Waals surface area contributed by atoms with E-state index in [2.05, 4.69) is 15.5 Å². The Bertz CT molecular complexity index is 788. The zero-order chi connectivity index (χ0) is 14.8. The number of para-hydroxylation sites is 1. The Morgan fingerprint density at radius 3 is 3.05 bits per heavy atom. The molecular formula is C15H15N3O3. The quantitative estimate of drug-likeness (QED) is 0.772. The highest BCUT2D eigenvalue weighted by molar-refractivity contribution is 5.96. The van der Waals surface area contributed by atoms with E-state index in [1.165, 1.54) is 0 Å². The van der Waals surface area contributed by atoms with Gasteiger partial charge in [-0.2, -0.15) is 0 Å².